The molecule has 0 unspecified atom stereocenters. The summed E-state index contributed by atoms with van der Waals surface area (Å²) in [5.41, 5.74) is 0. The van der Waals surface area contributed by atoms with E-state index in [2.05, 4.69) is 21.1 Å². The van der Waals surface area contributed by atoms with E-state index < -0.39 is 6.16 Å². The van der Waals surface area contributed by atoms with Crippen LogP contribution in [0.4, 0.5) is 4.79 Å². The first-order valence-electron chi connectivity index (χ1n) is 3.11. The largest absolute Gasteiger partial charge is 0.565 e. The van der Waals surface area contributed by atoms with Crippen LogP contribution >= 0.6 is 0 Å². The first kappa shape index (κ1) is 18.1. The van der Waals surface area contributed by atoms with E-state index in [1.807, 2.05) is 0 Å². The molecule has 0 atom stereocenters. The average molecular weight is 188 g/mol. The Kier molecular flexibility index (Phi) is 14.0. The fraction of sp³-hybridized carbons (Fsp3) is 0.833. The maximum absolute atomic E-state index is 8.44. The molecule has 0 heterocycles. The molecule has 0 aromatic heterocycles. The summed E-state index contributed by atoms with van der Waals surface area (Å²) >= 11 is 0. The maximum atomic E-state index is 8.44. The van der Waals surface area contributed by atoms with Crippen molar-refractivity contribution in [3.05, 3.63) is 0 Å². The quantitative estimate of drug-likeness (QED) is 0.395. The smallest absolute Gasteiger partial charge is 0.249 e. The Bertz CT molecular complexity index is 109. The maximum Gasteiger partial charge on any atom is 0.249 e. The van der Waals surface area contributed by atoms with Gasteiger partial charge in [-0.2, -0.15) is 0 Å². The monoisotopic (exact) mass is 188 g/mol. The summed E-state index contributed by atoms with van der Waals surface area (Å²) in [5.74, 6) is 0. The fourth-order valence-corrected chi connectivity index (χ4v) is 0.300. The molecule has 0 aromatic carbocycles. The molecule has 1 radical (unpaired) electrons. The van der Waals surface area contributed by atoms with Gasteiger partial charge in [0.15, 0.2) is 0 Å². The molecule has 0 aliphatic heterocycles. The first-order valence-corrected chi connectivity index (χ1v) is 3.11. The van der Waals surface area contributed by atoms with E-state index in [0.29, 0.717) is 0 Å². The number of hydrogen-bond donors (Lipinski definition) is 2. The van der Waals surface area contributed by atoms with Crippen molar-refractivity contribution in [3.63, 3.8) is 0 Å². The molecule has 6 heteroatoms. The number of aliphatic hydroxyl groups excluding tert-OH is 1. The number of nitrogens with zero attached hydrogens (tertiary/aromatic N) is 1. The SMILES string of the molecule is C[N+](C)(C)CCO.O=C([O-])O.[Na]. The van der Waals surface area contributed by atoms with Gasteiger partial charge in [0.2, 0.25) is 6.16 Å². The zero-order valence-electron chi connectivity index (χ0n) is 8.07. The fourth-order valence-electron chi connectivity index (χ4n) is 0.300. The normalized spacial score (nSPS) is 9.00. The molecule has 0 rings (SSSR count). The van der Waals surface area contributed by atoms with E-state index >= 15 is 0 Å². The Morgan fingerprint density at radius 1 is 1.42 bits per heavy atom. The number of carboxylic acid groups (broad SMARTS) is 2. The predicted octanol–water partition coefficient (Wildman–Crippen LogP) is -1.81. The van der Waals surface area contributed by atoms with E-state index in [-0.39, 0.29) is 36.2 Å². The van der Waals surface area contributed by atoms with Gasteiger partial charge in [-0.1, -0.05) is 0 Å². The Morgan fingerprint density at radius 3 is 1.67 bits per heavy atom. The van der Waals surface area contributed by atoms with Crippen molar-refractivity contribution >= 4 is 35.7 Å². The van der Waals surface area contributed by atoms with Crippen LogP contribution in [-0.2, 0) is 0 Å². The van der Waals surface area contributed by atoms with E-state index in [9.17, 15) is 0 Å². The van der Waals surface area contributed by atoms with Crippen molar-refractivity contribution in [2.45, 2.75) is 0 Å². The second kappa shape index (κ2) is 9.28. The molecule has 0 fully saturated rings. The van der Waals surface area contributed by atoms with Crippen LogP contribution < -0.4 is 5.11 Å². The molecule has 0 bridgehead atoms. The molecule has 0 aliphatic rings. The molecular formula is C6H15NNaO4. The van der Waals surface area contributed by atoms with Gasteiger partial charge in [-0.05, 0) is 0 Å². The van der Waals surface area contributed by atoms with Crippen LogP contribution in [0.5, 0.6) is 0 Å². The van der Waals surface area contributed by atoms with Gasteiger partial charge in [-0.3, -0.25) is 0 Å². The third kappa shape index (κ3) is 49.0. The van der Waals surface area contributed by atoms with Crippen molar-refractivity contribution in [1.82, 2.24) is 0 Å². The summed E-state index contributed by atoms with van der Waals surface area (Å²) in [6, 6.07) is 0. The second-order valence-electron chi connectivity index (χ2n) is 3.00. The Labute approximate surface area is 94.5 Å². The van der Waals surface area contributed by atoms with Gasteiger partial charge in [0.25, 0.3) is 0 Å². The van der Waals surface area contributed by atoms with Crippen molar-refractivity contribution in [2.75, 3.05) is 34.3 Å². The third-order valence-electron chi connectivity index (χ3n) is 0.771. The number of hydrogen-bond acceptors (Lipinski definition) is 3. The Hall–Kier alpha value is 0.190. The van der Waals surface area contributed by atoms with Crippen LogP contribution in [0, 0.1) is 0 Å². The number of rotatable bonds is 2. The van der Waals surface area contributed by atoms with Crippen LogP contribution in [-0.4, -0.2) is 84.7 Å². The zero-order chi connectivity index (χ0) is 9.49. The van der Waals surface area contributed by atoms with Gasteiger partial charge in [-0.25, -0.2) is 0 Å². The summed E-state index contributed by atoms with van der Waals surface area (Å²) in [4.78, 5) is 8.44. The molecular weight excluding hydrogens is 173 g/mol. The summed E-state index contributed by atoms with van der Waals surface area (Å²) in [5, 5.41) is 23.7. The van der Waals surface area contributed by atoms with Gasteiger partial charge in [0.1, 0.15) is 6.54 Å². The Balaban J connectivity index is -0.000000142. The third-order valence-corrected chi connectivity index (χ3v) is 0.771. The molecule has 0 saturated heterocycles. The van der Waals surface area contributed by atoms with Crippen LogP contribution in [0.25, 0.3) is 0 Å². The molecule has 69 valence electrons. The van der Waals surface area contributed by atoms with Crippen molar-refractivity contribution in [3.8, 4) is 0 Å². The predicted molar refractivity (Wildman–Crippen MR) is 43.8 cm³/mol. The van der Waals surface area contributed by atoms with Gasteiger partial charge < -0.3 is 24.6 Å². The zero-order valence-corrected chi connectivity index (χ0v) is 10.1. The standard InChI is InChI=1S/C5H14NO.CH2O3.Na/c1-6(2,3)4-5-7;2-1(3)4;/h7H,4-5H2,1-3H3;(H2,2,3,4);/q+1;;/p-1. The van der Waals surface area contributed by atoms with Crippen molar-refractivity contribution < 1.29 is 24.6 Å². The van der Waals surface area contributed by atoms with E-state index in [4.69, 9.17) is 20.1 Å². The van der Waals surface area contributed by atoms with Crippen LogP contribution in [0.15, 0.2) is 0 Å². The number of likely N-dealkylation sites (N-methyl/N-ethyl adjacent to an activating group) is 1. The molecule has 2 N–H and O–H groups in total. The summed E-state index contributed by atoms with van der Waals surface area (Å²) in [7, 11) is 6.16. The second-order valence-corrected chi connectivity index (χ2v) is 3.00. The van der Waals surface area contributed by atoms with Crippen LogP contribution in [0.2, 0.25) is 0 Å². The number of carbonyl (C=O) groups is 1. The van der Waals surface area contributed by atoms with Crippen LogP contribution in [0.1, 0.15) is 0 Å². The van der Waals surface area contributed by atoms with Gasteiger partial charge in [0, 0.05) is 29.6 Å². The number of aliphatic hydroxyl groups is 1. The van der Waals surface area contributed by atoms with Gasteiger partial charge in [-0.15, -0.1) is 0 Å². The van der Waals surface area contributed by atoms with Crippen molar-refractivity contribution in [2.24, 2.45) is 0 Å². The minimum Gasteiger partial charge on any atom is -0.565 e. The number of quaternary nitrogens is 1. The van der Waals surface area contributed by atoms with Gasteiger partial charge >= 0.3 is 0 Å². The minimum atomic E-state index is -2.08. The van der Waals surface area contributed by atoms with Crippen molar-refractivity contribution in [1.29, 1.82) is 0 Å². The molecule has 0 amide bonds. The van der Waals surface area contributed by atoms with Gasteiger partial charge in [0.05, 0.1) is 27.7 Å². The molecule has 0 spiro atoms. The molecule has 12 heavy (non-hydrogen) atoms. The summed E-state index contributed by atoms with van der Waals surface area (Å²) in [6.07, 6.45) is -2.08. The minimum absolute atomic E-state index is 0. The van der Waals surface area contributed by atoms with E-state index in [0.717, 1.165) is 11.0 Å². The van der Waals surface area contributed by atoms with Crippen LogP contribution in [0.3, 0.4) is 0 Å². The Morgan fingerprint density at radius 2 is 1.67 bits per heavy atom. The molecule has 5 nitrogen and oxygen atoms in total. The summed E-state index contributed by atoms with van der Waals surface area (Å²) < 4.78 is 0.844. The van der Waals surface area contributed by atoms with E-state index in [1.165, 1.54) is 0 Å². The molecule has 0 saturated carbocycles. The molecule has 0 aliphatic carbocycles. The summed E-state index contributed by atoms with van der Waals surface area (Å²) in [6.45, 7) is 1.11. The average Bonchev–Trinajstić information content (AvgIpc) is 1.58. The first-order chi connectivity index (χ1) is 4.79. The topological polar surface area (TPSA) is 80.6 Å². The van der Waals surface area contributed by atoms with E-state index in [1.54, 1.807) is 0 Å². The molecule has 0 aromatic rings.